The normalized spacial score (nSPS) is 10.9. The van der Waals surface area contributed by atoms with Gasteiger partial charge >= 0.3 is 6.61 Å². The van der Waals surface area contributed by atoms with Crippen molar-refractivity contribution in [1.29, 1.82) is 0 Å². The Morgan fingerprint density at radius 2 is 1.67 bits per heavy atom. The van der Waals surface area contributed by atoms with Crippen molar-refractivity contribution in [2.45, 2.75) is 19.7 Å². The van der Waals surface area contributed by atoms with Gasteiger partial charge in [-0.3, -0.25) is 15.0 Å². The molecule has 0 aliphatic heterocycles. The fraction of sp³-hybridized carbons (Fsp3) is 0.333. The van der Waals surface area contributed by atoms with Crippen molar-refractivity contribution in [2.75, 3.05) is 21.3 Å². The van der Waals surface area contributed by atoms with E-state index in [9.17, 15) is 18.9 Å². The largest absolute Gasteiger partial charge is 0.496 e. The molecule has 0 N–H and O–H groups in total. The molecule has 2 aromatic rings. The zero-order valence-electron chi connectivity index (χ0n) is 15.1. The van der Waals surface area contributed by atoms with Crippen molar-refractivity contribution < 1.29 is 27.9 Å². The Morgan fingerprint density at radius 1 is 1.04 bits per heavy atom. The zero-order chi connectivity index (χ0) is 20.0. The standard InChI is InChI=1S/C18H20F2N2O5/c1-21(10-12-6-4-5-7-15(12)25-2)11-13-8-16(26-3)17(27-18(19)20)9-14(13)22(23)24/h4-9,18H,10-11H2,1-3H3. The molecule has 0 bridgehead atoms. The lowest BCUT2D eigenvalue weighted by Crippen LogP contribution is -2.18. The Bertz CT molecular complexity index is 801. The van der Waals surface area contributed by atoms with Crippen molar-refractivity contribution in [2.24, 2.45) is 0 Å². The Hall–Kier alpha value is -2.94. The molecule has 0 amide bonds. The van der Waals surface area contributed by atoms with E-state index < -0.39 is 11.5 Å². The maximum atomic E-state index is 12.5. The number of para-hydroxylation sites is 1. The molecule has 2 aromatic carbocycles. The molecule has 0 radical (unpaired) electrons. The zero-order valence-corrected chi connectivity index (χ0v) is 15.1. The van der Waals surface area contributed by atoms with E-state index in [1.54, 1.807) is 14.2 Å². The van der Waals surface area contributed by atoms with Crippen LogP contribution in [0.2, 0.25) is 0 Å². The van der Waals surface area contributed by atoms with Crippen LogP contribution in [0, 0.1) is 10.1 Å². The van der Waals surface area contributed by atoms with Crippen LogP contribution in [0.5, 0.6) is 17.2 Å². The molecule has 0 saturated heterocycles. The smallest absolute Gasteiger partial charge is 0.387 e. The molecule has 0 atom stereocenters. The molecular weight excluding hydrogens is 362 g/mol. The number of nitro groups is 1. The summed E-state index contributed by atoms with van der Waals surface area (Å²) in [5.74, 6) is 0.328. The molecule has 7 nitrogen and oxygen atoms in total. The summed E-state index contributed by atoms with van der Waals surface area (Å²) in [5, 5.41) is 11.4. The molecule has 146 valence electrons. The van der Waals surface area contributed by atoms with E-state index in [1.807, 2.05) is 29.2 Å². The van der Waals surface area contributed by atoms with Gasteiger partial charge in [0.1, 0.15) is 5.75 Å². The van der Waals surface area contributed by atoms with Gasteiger partial charge in [-0.25, -0.2) is 0 Å². The highest BCUT2D eigenvalue weighted by Crippen LogP contribution is 2.36. The maximum Gasteiger partial charge on any atom is 0.387 e. The minimum atomic E-state index is -3.11. The monoisotopic (exact) mass is 382 g/mol. The summed E-state index contributed by atoms with van der Waals surface area (Å²) in [6.45, 7) is -2.45. The van der Waals surface area contributed by atoms with Gasteiger partial charge < -0.3 is 14.2 Å². The van der Waals surface area contributed by atoms with Crippen LogP contribution in [0.15, 0.2) is 36.4 Å². The third-order valence-corrected chi connectivity index (χ3v) is 3.85. The summed E-state index contributed by atoms with van der Waals surface area (Å²) >= 11 is 0. The number of nitro benzene ring substituents is 1. The lowest BCUT2D eigenvalue weighted by Gasteiger charge is -2.19. The fourth-order valence-electron chi connectivity index (χ4n) is 2.71. The average Bonchev–Trinajstić information content (AvgIpc) is 2.62. The summed E-state index contributed by atoms with van der Waals surface area (Å²) in [6, 6.07) is 9.73. The molecule has 0 saturated carbocycles. The van der Waals surface area contributed by atoms with Crippen molar-refractivity contribution in [3.63, 3.8) is 0 Å². The summed E-state index contributed by atoms with van der Waals surface area (Å²) < 4.78 is 39.7. The van der Waals surface area contributed by atoms with Crippen molar-refractivity contribution in [1.82, 2.24) is 4.90 Å². The molecule has 0 aliphatic rings. The number of hydrogen-bond acceptors (Lipinski definition) is 6. The number of halogens is 2. The third-order valence-electron chi connectivity index (χ3n) is 3.85. The van der Waals surface area contributed by atoms with Crippen LogP contribution in [0.1, 0.15) is 11.1 Å². The van der Waals surface area contributed by atoms with Crippen LogP contribution in [-0.4, -0.2) is 37.7 Å². The molecule has 0 unspecified atom stereocenters. The number of ether oxygens (including phenoxy) is 3. The van der Waals surface area contributed by atoms with E-state index in [1.165, 1.54) is 13.2 Å². The molecule has 0 fully saturated rings. The molecule has 0 heterocycles. The van der Waals surface area contributed by atoms with Gasteiger partial charge in [0.15, 0.2) is 11.5 Å². The van der Waals surface area contributed by atoms with E-state index in [0.717, 1.165) is 11.6 Å². The number of methoxy groups -OCH3 is 2. The van der Waals surface area contributed by atoms with Gasteiger partial charge in [0.05, 0.1) is 25.2 Å². The Kier molecular flexibility index (Phi) is 6.89. The van der Waals surface area contributed by atoms with Crippen molar-refractivity contribution in [3.8, 4) is 17.2 Å². The summed E-state index contributed by atoms with van der Waals surface area (Å²) in [7, 11) is 4.63. The first kappa shape index (κ1) is 20.4. The number of alkyl halides is 2. The van der Waals surface area contributed by atoms with Crippen LogP contribution in [0.4, 0.5) is 14.5 Å². The van der Waals surface area contributed by atoms with Crippen molar-refractivity contribution >= 4 is 5.69 Å². The van der Waals surface area contributed by atoms with Gasteiger partial charge in [-0.15, -0.1) is 0 Å². The van der Waals surface area contributed by atoms with Crippen LogP contribution < -0.4 is 14.2 Å². The van der Waals surface area contributed by atoms with Gasteiger partial charge in [0.25, 0.3) is 5.69 Å². The fourth-order valence-corrected chi connectivity index (χ4v) is 2.71. The van der Waals surface area contributed by atoms with Gasteiger partial charge in [-0.2, -0.15) is 8.78 Å². The summed E-state index contributed by atoms with van der Waals surface area (Å²) in [5.41, 5.74) is 0.906. The molecule has 9 heteroatoms. The summed E-state index contributed by atoms with van der Waals surface area (Å²) in [4.78, 5) is 12.6. The molecule has 0 aromatic heterocycles. The maximum absolute atomic E-state index is 12.5. The second-order valence-electron chi connectivity index (χ2n) is 5.75. The van der Waals surface area contributed by atoms with Gasteiger partial charge in [0.2, 0.25) is 0 Å². The second kappa shape index (κ2) is 9.13. The highest BCUT2D eigenvalue weighted by molar-refractivity contribution is 5.54. The van der Waals surface area contributed by atoms with E-state index >= 15 is 0 Å². The Morgan fingerprint density at radius 3 is 2.26 bits per heavy atom. The quantitative estimate of drug-likeness (QED) is 0.485. The van der Waals surface area contributed by atoms with Gasteiger partial charge in [-0.1, -0.05) is 18.2 Å². The van der Waals surface area contributed by atoms with E-state index in [0.29, 0.717) is 17.9 Å². The molecular formula is C18H20F2N2O5. The van der Waals surface area contributed by atoms with Gasteiger partial charge in [-0.05, 0) is 19.2 Å². The first-order valence-corrected chi connectivity index (χ1v) is 7.96. The van der Waals surface area contributed by atoms with Crippen LogP contribution >= 0.6 is 0 Å². The molecule has 2 rings (SSSR count). The predicted molar refractivity (Wildman–Crippen MR) is 94.4 cm³/mol. The first-order valence-electron chi connectivity index (χ1n) is 7.96. The Labute approximate surface area is 155 Å². The van der Waals surface area contributed by atoms with Crippen molar-refractivity contribution in [3.05, 3.63) is 57.6 Å². The highest BCUT2D eigenvalue weighted by atomic mass is 19.3. The SMILES string of the molecule is COc1ccccc1CN(C)Cc1cc(OC)c(OC(F)F)cc1[N+](=O)[O-]. The van der Waals surface area contributed by atoms with Crippen LogP contribution in [0.3, 0.4) is 0 Å². The summed E-state index contributed by atoms with van der Waals surface area (Å²) in [6.07, 6.45) is 0. The lowest BCUT2D eigenvalue weighted by molar-refractivity contribution is -0.385. The third kappa shape index (κ3) is 5.27. The average molecular weight is 382 g/mol. The minimum Gasteiger partial charge on any atom is -0.496 e. The van der Waals surface area contributed by atoms with Gasteiger partial charge in [0, 0.05) is 24.2 Å². The predicted octanol–water partition coefficient (Wildman–Crippen LogP) is 3.85. The Balaban J connectivity index is 2.29. The second-order valence-corrected chi connectivity index (χ2v) is 5.75. The molecule has 0 spiro atoms. The number of hydrogen-bond donors (Lipinski definition) is 0. The minimum absolute atomic E-state index is 0.00147. The number of benzene rings is 2. The van der Waals surface area contributed by atoms with E-state index in [4.69, 9.17) is 9.47 Å². The topological polar surface area (TPSA) is 74.1 Å². The molecule has 0 aliphatic carbocycles. The number of rotatable bonds is 9. The van der Waals surface area contributed by atoms with Crippen LogP contribution in [-0.2, 0) is 13.1 Å². The number of nitrogens with zero attached hydrogens (tertiary/aromatic N) is 2. The molecule has 27 heavy (non-hydrogen) atoms. The lowest BCUT2D eigenvalue weighted by atomic mass is 10.1. The first-order chi connectivity index (χ1) is 12.8. The van der Waals surface area contributed by atoms with E-state index in [-0.39, 0.29) is 23.7 Å². The van der Waals surface area contributed by atoms with E-state index in [2.05, 4.69) is 4.74 Å². The highest BCUT2D eigenvalue weighted by Gasteiger charge is 2.22. The van der Waals surface area contributed by atoms with Crippen LogP contribution in [0.25, 0.3) is 0 Å².